The number of fused-ring (bicyclic) bond motifs is 1. The Morgan fingerprint density at radius 3 is 2.21 bits per heavy atom. The molecule has 3 aromatic rings. The van der Waals surface area contributed by atoms with E-state index in [4.69, 9.17) is 23.7 Å². The molecular formula is C27H24O7. The van der Waals surface area contributed by atoms with Gasteiger partial charge in [0.1, 0.15) is 28.7 Å². The van der Waals surface area contributed by atoms with Crippen LogP contribution in [-0.2, 0) is 0 Å². The van der Waals surface area contributed by atoms with Crippen molar-refractivity contribution in [3.8, 4) is 28.7 Å². The molecule has 0 saturated carbocycles. The van der Waals surface area contributed by atoms with Gasteiger partial charge in [0.2, 0.25) is 5.78 Å². The zero-order chi connectivity index (χ0) is 24.2. The van der Waals surface area contributed by atoms with E-state index in [2.05, 4.69) is 0 Å². The first-order valence-electron chi connectivity index (χ1n) is 10.7. The monoisotopic (exact) mass is 460 g/mol. The van der Waals surface area contributed by atoms with Crippen LogP contribution < -0.4 is 23.7 Å². The van der Waals surface area contributed by atoms with E-state index in [9.17, 15) is 9.59 Å². The Balaban J connectivity index is 1.56. The molecular weight excluding hydrogens is 436 g/mol. The van der Waals surface area contributed by atoms with Crippen LogP contribution in [-0.4, -0.2) is 32.6 Å². The number of methoxy groups -OCH3 is 2. The zero-order valence-corrected chi connectivity index (χ0v) is 19.3. The van der Waals surface area contributed by atoms with Crippen LogP contribution in [0.5, 0.6) is 28.7 Å². The summed E-state index contributed by atoms with van der Waals surface area (Å²) in [5.74, 6) is 1.67. The molecule has 0 spiro atoms. The van der Waals surface area contributed by atoms with Crippen molar-refractivity contribution in [2.75, 3.05) is 20.8 Å². The maximum Gasteiger partial charge on any atom is 0.343 e. The van der Waals surface area contributed by atoms with Gasteiger partial charge in [-0.25, -0.2) is 4.79 Å². The number of aryl methyl sites for hydroxylation is 1. The van der Waals surface area contributed by atoms with Crippen molar-refractivity contribution in [1.29, 1.82) is 0 Å². The third-order valence-corrected chi connectivity index (χ3v) is 5.23. The van der Waals surface area contributed by atoms with Crippen LogP contribution in [0.2, 0.25) is 0 Å². The Kier molecular flexibility index (Phi) is 6.54. The van der Waals surface area contributed by atoms with Gasteiger partial charge in [-0.1, -0.05) is 12.1 Å². The van der Waals surface area contributed by atoms with Crippen molar-refractivity contribution in [3.05, 3.63) is 82.6 Å². The van der Waals surface area contributed by atoms with Gasteiger partial charge >= 0.3 is 5.97 Å². The molecule has 0 amide bonds. The van der Waals surface area contributed by atoms with E-state index >= 15 is 0 Å². The quantitative estimate of drug-likeness (QED) is 0.271. The number of carbonyl (C=O) groups is 2. The lowest BCUT2D eigenvalue weighted by Crippen LogP contribution is -2.09. The molecule has 0 aromatic heterocycles. The first-order chi connectivity index (χ1) is 16.4. The van der Waals surface area contributed by atoms with Gasteiger partial charge in [0.05, 0.1) is 32.0 Å². The lowest BCUT2D eigenvalue weighted by Gasteiger charge is -2.10. The largest absolute Gasteiger partial charge is 0.497 e. The highest BCUT2D eigenvalue weighted by atomic mass is 16.5. The molecule has 0 unspecified atom stereocenters. The summed E-state index contributed by atoms with van der Waals surface area (Å²) >= 11 is 0. The molecule has 0 fully saturated rings. The highest BCUT2D eigenvalue weighted by molar-refractivity contribution is 6.15. The molecule has 7 heteroatoms. The SMILES string of the molecule is CCOc1ccc(/C=C2\Oc3cc(OC(=O)c4cc(OC)cc(OC)c4)cc(C)c3C2=O)cc1. The Morgan fingerprint density at radius 2 is 1.59 bits per heavy atom. The summed E-state index contributed by atoms with van der Waals surface area (Å²) < 4.78 is 27.3. The number of hydrogen-bond donors (Lipinski definition) is 0. The molecule has 1 aliphatic heterocycles. The second kappa shape index (κ2) is 9.70. The summed E-state index contributed by atoms with van der Waals surface area (Å²) in [7, 11) is 3.00. The van der Waals surface area contributed by atoms with Crippen molar-refractivity contribution in [1.82, 2.24) is 0 Å². The minimum absolute atomic E-state index is 0.197. The van der Waals surface area contributed by atoms with Crippen molar-refractivity contribution >= 4 is 17.8 Å². The van der Waals surface area contributed by atoms with Crippen LogP contribution in [0.3, 0.4) is 0 Å². The summed E-state index contributed by atoms with van der Waals surface area (Å²) in [6.07, 6.45) is 1.67. The number of rotatable bonds is 7. The predicted molar refractivity (Wildman–Crippen MR) is 126 cm³/mol. The topological polar surface area (TPSA) is 80.3 Å². The van der Waals surface area contributed by atoms with Gasteiger partial charge in [0.15, 0.2) is 5.76 Å². The number of ketones is 1. The van der Waals surface area contributed by atoms with Gasteiger partial charge < -0.3 is 23.7 Å². The van der Waals surface area contributed by atoms with E-state index in [1.54, 1.807) is 37.3 Å². The number of ether oxygens (including phenoxy) is 5. The van der Waals surface area contributed by atoms with E-state index in [0.29, 0.717) is 35.0 Å². The van der Waals surface area contributed by atoms with Crippen LogP contribution in [0.15, 0.2) is 60.4 Å². The van der Waals surface area contributed by atoms with Gasteiger partial charge in [0.25, 0.3) is 0 Å². The molecule has 1 aliphatic rings. The maximum atomic E-state index is 12.9. The average Bonchev–Trinajstić information content (AvgIpc) is 3.15. The molecule has 4 rings (SSSR count). The average molecular weight is 460 g/mol. The zero-order valence-electron chi connectivity index (χ0n) is 19.3. The maximum absolute atomic E-state index is 12.9. The number of benzene rings is 3. The summed E-state index contributed by atoms with van der Waals surface area (Å²) in [6.45, 7) is 4.26. The highest BCUT2D eigenvalue weighted by Crippen LogP contribution is 2.38. The molecule has 7 nitrogen and oxygen atoms in total. The number of esters is 1. The normalized spacial score (nSPS) is 13.3. The van der Waals surface area contributed by atoms with Gasteiger partial charge in [-0.15, -0.1) is 0 Å². The number of allylic oxidation sites excluding steroid dienone is 1. The fourth-order valence-electron chi connectivity index (χ4n) is 3.61. The fourth-order valence-corrected chi connectivity index (χ4v) is 3.61. The molecule has 3 aromatic carbocycles. The Hall–Kier alpha value is -4.26. The summed E-state index contributed by atoms with van der Waals surface area (Å²) in [6, 6.07) is 15.3. The summed E-state index contributed by atoms with van der Waals surface area (Å²) in [5.41, 5.74) is 2.15. The van der Waals surface area contributed by atoms with Crippen LogP contribution in [0.25, 0.3) is 6.08 Å². The minimum Gasteiger partial charge on any atom is -0.497 e. The smallest absolute Gasteiger partial charge is 0.343 e. The lowest BCUT2D eigenvalue weighted by atomic mass is 10.0. The number of hydrogen-bond acceptors (Lipinski definition) is 7. The third-order valence-electron chi connectivity index (χ3n) is 5.23. The van der Waals surface area contributed by atoms with Gasteiger partial charge in [0, 0.05) is 12.1 Å². The Labute approximate surface area is 197 Å². The Morgan fingerprint density at radius 1 is 0.912 bits per heavy atom. The second-order valence-electron chi connectivity index (χ2n) is 7.55. The van der Waals surface area contributed by atoms with Gasteiger partial charge in [-0.05, 0) is 61.4 Å². The molecule has 0 N–H and O–H groups in total. The first kappa shape index (κ1) is 22.9. The van der Waals surface area contributed by atoms with Crippen molar-refractivity contribution in [2.24, 2.45) is 0 Å². The predicted octanol–water partition coefficient (Wildman–Crippen LogP) is 5.25. The fraction of sp³-hybridized carbons (Fsp3) is 0.185. The van der Waals surface area contributed by atoms with E-state index in [1.165, 1.54) is 20.3 Å². The van der Waals surface area contributed by atoms with Crippen molar-refractivity contribution in [2.45, 2.75) is 13.8 Å². The third kappa shape index (κ3) is 4.73. The van der Waals surface area contributed by atoms with Crippen LogP contribution in [0.4, 0.5) is 0 Å². The molecule has 0 saturated heterocycles. The van der Waals surface area contributed by atoms with Crippen LogP contribution in [0, 0.1) is 6.92 Å². The van der Waals surface area contributed by atoms with E-state index in [-0.39, 0.29) is 22.9 Å². The van der Waals surface area contributed by atoms with Crippen LogP contribution in [0.1, 0.15) is 38.8 Å². The highest BCUT2D eigenvalue weighted by Gasteiger charge is 2.30. The molecule has 0 aliphatic carbocycles. The number of carbonyl (C=O) groups excluding carboxylic acids is 2. The molecule has 0 radical (unpaired) electrons. The molecule has 0 atom stereocenters. The standard InChI is InChI=1S/C27H24O7/c1-5-32-19-8-6-17(7-9-19)11-24-26(28)25-16(2)10-22(15-23(25)34-24)33-27(29)18-12-20(30-3)14-21(13-18)31-4/h6-15H,5H2,1-4H3/b24-11-. The molecule has 1 heterocycles. The number of Topliss-reactive ketones (excluding diaryl/α,β-unsaturated/α-hetero) is 1. The first-order valence-corrected chi connectivity index (χ1v) is 10.7. The van der Waals surface area contributed by atoms with E-state index < -0.39 is 5.97 Å². The summed E-state index contributed by atoms with van der Waals surface area (Å²) in [4.78, 5) is 25.7. The lowest BCUT2D eigenvalue weighted by molar-refractivity contribution is 0.0733. The van der Waals surface area contributed by atoms with E-state index in [0.717, 1.165) is 11.3 Å². The Bertz CT molecular complexity index is 1250. The molecule has 174 valence electrons. The molecule has 0 bridgehead atoms. The summed E-state index contributed by atoms with van der Waals surface area (Å²) in [5, 5.41) is 0. The molecule has 34 heavy (non-hydrogen) atoms. The second-order valence-corrected chi connectivity index (χ2v) is 7.55. The van der Waals surface area contributed by atoms with Gasteiger partial charge in [-0.2, -0.15) is 0 Å². The van der Waals surface area contributed by atoms with Crippen molar-refractivity contribution < 1.29 is 33.3 Å². The van der Waals surface area contributed by atoms with Crippen molar-refractivity contribution in [3.63, 3.8) is 0 Å². The van der Waals surface area contributed by atoms with Gasteiger partial charge in [-0.3, -0.25) is 4.79 Å². The van der Waals surface area contributed by atoms with E-state index in [1.807, 2.05) is 31.2 Å². The minimum atomic E-state index is -0.592. The van der Waals surface area contributed by atoms with Crippen LogP contribution >= 0.6 is 0 Å².